The Morgan fingerprint density at radius 1 is 1.27 bits per heavy atom. The fourth-order valence-electron chi connectivity index (χ4n) is 2.95. The average molecular weight is 368 g/mol. The lowest BCUT2D eigenvalue weighted by Gasteiger charge is -2.30. The summed E-state index contributed by atoms with van der Waals surface area (Å²) in [6, 6.07) is 3.35. The summed E-state index contributed by atoms with van der Waals surface area (Å²) in [4.78, 5) is 16.9. The summed E-state index contributed by atoms with van der Waals surface area (Å²) in [5.41, 5.74) is -0.579. The number of hydrogen-bond donors (Lipinski definition) is 1. The van der Waals surface area contributed by atoms with Gasteiger partial charge in [-0.2, -0.15) is 4.98 Å². The number of amides is 1. The first-order chi connectivity index (χ1) is 10.6. The van der Waals surface area contributed by atoms with Crippen LogP contribution in [0.5, 0.6) is 0 Å². The summed E-state index contributed by atoms with van der Waals surface area (Å²) in [6.07, 6.45) is 5.96. The van der Waals surface area contributed by atoms with Gasteiger partial charge in [-0.3, -0.25) is 4.79 Å². The topological polar surface area (TPSA) is 81.2 Å². The lowest BCUT2D eigenvalue weighted by molar-refractivity contribution is 0.0846. The zero-order chi connectivity index (χ0) is 15.6. The molecule has 1 fully saturated rings. The third-order valence-corrected chi connectivity index (χ3v) is 4.49. The van der Waals surface area contributed by atoms with Crippen molar-refractivity contribution < 1.29 is 13.7 Å². The Kier molecular flexibility index (Phi) is 4.33. The van der Waals surface area contributed by atoms with E-state index in [4.69, 9.17) is 8.94 Å². The molecular weight excluding hydrogens is 350 g/mol. The van der Waals surface area contributed by atoms with Crippen LogP contribution >= 0.6 is 15.9 Å². The molecule has 1 aliphatic rings. The van der Waals surface area contributed by atoms with Gasteiger partial charge < -0.3 is 14.3 Å². The minimum absolute atomic E-state index is 0.255. The molecule has 0 spiro atoms. The van der Waals surface area contributed by atoms with Crippen LogP contribution in [0.4, 0.5) is 0 Å². The molecule has 0 radical (unpaired) electrons. The predicted molar refractivity (Wildman–Crippen MR) is 82.3 cm³/mol. The zero-order valence-corrected chi connectivity index (χ0v) is 14.0. The highest BCUT2D eigenvalue weighted by atomic mass is 79.9. The molecule has 2 aromatic rings. The molecule has 1 saturated carbocycles. The van der Waals surface area contributed by atoms with Gasteiger partial charge in [0, 0.05) is 6.92 Å². The molecule has 1 amide bonds. The van der Waals surface area contributed by atoms with E-state index in [1.807, 2.05) is 0 Å². The van der Waals surface area contributed by atoms with Crippen LogP contribution < -0.4 is 5.32 Å². The summed E-state index contributed by atoms with van der Waals surface area (Å²) >= 11 is 3.21. The normalized spacial score (nSPS) is 17.9. The van der Waals surface area contributed by atoms with E-state index in [2.05, 4.69) is 31.4 Å². The average Bonchev–Trinajstić information content (AvgIpc) is 3.04. The van der Waals surface area contributed by atoms with Gasteiger partial charge >= 0.3 is 0 Å². The van der Waals surface area contributed by atoms with E-state index in [0.717, 1.165) is 38.5 Å². The van der Waals surface area contributed by atoms with Crippen LogP contribution in [0.1, 0.15) is 60.8 Å². The molecule has 2 aromatic heterocycles. The van der Waals surface area contributed by atoms with E-state index in [0.29, 0.717) is 16.4 Å². The number of furan rings is 1. The Morgan fingerprint density at radius 3 is 2.55 bits per heavy atom. The van der Waals surface area contributed by atoms with E-state index in [9.17, 15) is 4.79 Å². The second kappa shape index (κ2) is 6.24. The number of aryl methyl sites for hydroxylation is 1. The number of hydrogen-bond acceptors (Lipinski definition) is 5. The molecular formula is C15H18BrN3O3. The standard InChI is InChI=1S/C15H18BrN3O3/c1-10-17-14(19-22-10)15(8-4-2-3-5-9-15)18-13(20)11-6-7-12(16)21-11/h6-7H,2-5,8-9H2,1H3,(H,18,20). The van der Waals surface area contributed by atoms with Crippen LogP contribution in [0.2, 0.25) is 0 Å². The van der Waals surface area contributed by atoms with Gasteiger partial charge in [-0.1, -0.05) is 30.8 Å². The van der Waals surface area contributed by atoms with Crippen LogP contribution in [0, 0.1) is 6.92 Å². The molecule has 7 heteroatoms. The maximum atomic E-state index is 12.5. The highest BCUT2D eigenvalue weighted by Gasteiger charge is 2.39. The van der Waals surface area contributed by atoms with E-state index in [1.54, 1.807) is 19.1 Å². The third-order valence-electron chi connectivity index (χ3n) is 4.06. The Hall–Kier alpha value is -1.63. The zero-order valence-electron chi connectivity index (χ0n) is 12.4. The first-order valence-corrected chi connectivity index (χ1v) is 8.27. The first kappa shape index (κ1) is 15.3. The van der Waals surface area contributed by atoms with Crippen molar-refractivity contribution in [3.8, 4) is 0 Å². The third kappa shape index (κ3) is 3.09. The molecule has 22 heavy (non-hydrogen) atoms. The Balaban J connectivity index is 1.89. The minimum atomic E-state index is -0.579. The summed E-state index contributed by atoms with van der Waals surface area (Å²) in [5, 5.41) is 7.16. The molecule has 6 nitrogen and oxygen atoms in total. The van der Waals surface area contributed by atoms with E-state index in [1.165, 1.54) is 0 Å². The van der Waals surface area contributed by atoms with Gasteiger partial charge in [-0.15, -0.1) is 0 Å². The van der Waals surface area contributed by atoms with Crippen molar-refractivity contribution >= 4 is 21.8 Å². The number of nitrogens with one attached hydrogen (secondary N) is 1. The van der Waals surface area contributed by atoms with Crippen LogP contribution in [-0.4, -0.2) is 16.0 Å². The molecule has 3 rings (SSSR count). The molecule has 2 heterocycles. The highest BCUT2D eigenvalue weighted by Crippen LogP contribution is 2.35. The highest BCUT2D eigenvalue weighted by molar-refractivity contribution is 9.10. The Morgan fingerprint density at radius 2 is 2.00 bits per heavy atom. The van der Waals surface area contributed by atoms with Crippen molar-refractivity contribution in [2.75, 3.05) is 0 Å². The maximum Gasteiger partial charge on any atom is 0.287 e. The SMILES string of the molecule is Cc1nc(C2(NC(=O)c3ccc(Br)o3)CCCCCC2)no1. The Labute approximate surface area is 136 Å². The number of nitrogens with zero attached hydrogens (tertiary/aromatic N) is 2. The fourth-order valence-corrected chi connectivity index (χ4v) is 3.25. The van der Waals surface area contributed by atoms with Crippen molar-refractivity contribution in [3.63, 3.8) is 0 Å². The number of halogens is 1. The summed E-state index contributed by atoms with van der Waals surface area (Å²) in [7, 11) is 0. The molecule has 118 valence electrons. The maximum absolute atomic E-state index is 12.5. The second-order valence-corrected chi connectivity index (χ2v) is 6.47. The van der Waals surface area contributed by atoms with Gasteiger partial charge in [0.25, 0.3) is 5.91 Å². The van der Waals surface area contributed by atoms with Crippen LogP contribution in [0.3, 0.4) is 0 Å². The van der Waals surface area contributed by atoms with Gasteiger partial charge in [0.05, 0.1) is 0 Å². The largest absolute Gasteiger partial charge is 0.444 e. The van der Waals surface area contributed by atoms with Crippen molar-refractivity contribution in [1.29, 1.82) is 0 Å². The van der Waals surface area contributed by atoms with Crippen molar-refractivity contribution in [1.82, 2.24) is 15.5 Å². The van der Waals surface area contributed by atoms with Crippen molar-refractivity contribution in [3.05, 3.63) is 34.3 Å². The van der Waals surface area contributed by atoms with Gasteiger partial charge in [0.2, 0.25) is 5.89 Å². The van der Waals surface area contributed by atoms with Crippen LogP contribution in [-0.2, 0) is 5.54 Å². The minimum Gasteiger partial charge on any atom is -0.444 e. The van der Waals surface area contributed by atoms with Crippen molar-refractivity contribution in [2.45, 2.75) is 51.0 Å². The summed E-state index contributed by atoms with van der Waals surface area (Å²) in [5.74, 6) is 1.09. The van der Waals surface area contributed by atoms with Gasteiger partial charge in [0.1, 0.15) is 5.54 Å². The number of carbonyl (C=O) groups is 1. The van der Waals surface area contributed by atoms with Gasteiger partial charge in [-0.25, -0.2) is 0 Å². The summed E-state index contributed by atoms with van der Waals surface area (Å²) in [6.45, 7) is 1.76. The van der Waals surface area contributed by atoms with E-state index < -0.39 is 5.54 Å². The molecule has 0 atom stereocenters. The summed E-state index contributed by atoms with van der Waals surface area (Å²) < 4.78 is 11.0. The lowest BCUT2D eigenvalue weighted by Crippen LogP contribution is -2.46. The lowest BCUT2D eigenvalue weighted by atomic mass is 9.89. The van der Waals surface area contributed by atoms with E-state index in [-0.39, 0.29) is 11.7 Å². The fraction of sp³-hybridized carbons (Fsp3) is 0.533. The smallest absolute Gasteiger partial charge is 0.287 e. The number of aromatic nitrogens is 2. The van der Waals surface area contributed by atoms with Crippen LogP contribution in [0.15, 0.2) is 25.7 Å². The van der Waals surface area contributed by atoms with Gasteiger partial charge in [-0.05, 0) is 40.9 Å². The van der Waals surface area contributed by atoms with Crippen molar-refractivity contribution in [2.24, 2.45) is 0 Å². The van der Waals surface area contributed by atoms with Crippen LogP contribution in [0.25, 0.3) is 0 Å². The number of carbonyl (C=O) groups excluding carboxylic acids is 1. The molecule has 0 aromatic carbocycles. The molecule has 0 unspecified atom stereocenters. The Bertz CT molecular complexity index is 657. The molecule has 0 aliphatic heterocycles. The molecule has 1 aliphatic carbocycles. The second-order valence-electron chi connectivity index (χ2n) is 5.69. The van der Waals surface area contributed by atoms with Gasteiger partial charge in [0.15, 0.2) is 16.3 Å². The first-order valence-electron chi connectivity index (χ1n) is 7.48. The quantitative estimate of drug-likeness (QED) is 0.836. The monoisotopic (exact) mass is 367 g/mol. The molecule has 0 saturated heterocycles. The number of rotatable bonds is 3. The molecule has 0 bridgehead atoms. The molecule has 1 N–H and O–H groups in total. The predicted octanol–water partition coefficient (Wildman–Crippen LogP) is 3.71. The van der Waals surface area contributed by atoms with E-state index >= 15 is 0 Å².